The Labute approximate surface area is 184 Å². The Morgan fingerprint density at radius 1 is 1.30 bits per heavy atom. The first-order chi connectivity index (χ1) is 14.4. The highest BCUT2D eigenvalue weighted by Gasteiger charge is 2.24. The summed E-state index contributed by atoms with van der Waals surface area (Å²) in [5.41, 5.74) is 1.40. The zero-order valence-electron chi connectivity index (χ0n) is 15.6. The molecule has 0 unspecified atom stereocenters. The number of hydrogen-bond donors (Lipinski definition) is 1. The SMILES string of the molecule is COC(=O)/C=C1/S/C(=N\N=Cc2cccc(OCc3cc(F)ccc3Br)c2)NC1=O. The van der Waals surface area contributed by atoms with Gasteiger partial charge in [0, 0.05) is 16.1 Å². The number of methoxy groups -OCH3 is 1. The molecule has 0 aliphatic carbocycles. The second-order valence-corrected chi connectivity index (χ2v) is 7.72. The second-order valence-electron chi connectivity index (χ2n) is 5.83. The Morgan fingerprint density at radius 2 is 2.13 bits per heavy atom. The molecule has 0 aromatic heterocycles. The van der Waals surface area contributed by atoms with Crippen molar-refractivity contribution in [3.63, 3.8) is 0 Å². The molecule has 1 aliphatic rings. The van der Waals surface area contributed by atoms with Gasteiger partial charge in [-0.15, -0.1) is 5.10 Å². The Kier molecular flexibility index (Phi) is 7.36. The molecule has 1 saturated heterocycles. The smallest absolute Gasteiger partial charge is 0.331 e. The van der Waals surface area contributed by atoms with E-state index in [1.54, 1.807) is 30.3 Å². The summed E-state index contributed by atoms with van der Waals surface area (Å²) in [6.07, 6.45) is 2.58. The fraction of sp³-hybridized carbons (Fsp3) is 0.100. The molecule has 1 amide bonds. The van der Waals surface area contributed by atoms with Crippen molar-refractivity contribution >= 4 is 51.0 Å². The van der Waals surface area contributed by atoms with Gasteiger partial charge in [0.15, 0.2) is 5.17 Å². The molecule has 7 nitrogen and oxygen atoms in total. The van der Waals surface area contributed by atoms with Gasteiger partial charge in [0.25, 0.3) is 5.91 Å². The summed E-state index contributed by atoms with van der Waals surface area (Å²) in [4.78, 5) is 23.2. The minimum atomic E-state index is -0.625. The van der Waals surface area contributed by atoms with Crippen LogP contribution in [0.4, 0.5) is 4.39 Å². The maximum absolute atomic E-state index is 13.4. The molecular weight excluding hydrogens is 477 g/mol. The number of ether oxygens (including phenoxy) is 2. The monoisotopic (exact) mass is 491 g/mol. The molecular formula is C20H15BrFN3O4S. The minimum absolute atomic E-state index is 0.176. The molecule has 154 valence electrons. The summed E-state index contributed by atoms with van der Waals surface area (Å²) in [7, 11) is 1.23. The van der Waals surface area contributed by atoms with E-state index in [1.807, 2.05) is 0 Å². The molecule has 3 rings (SSSR count). The number of carbonyl (C=O) groups excluding carboxylic acids is 2. The number of esters is 1. The van der Waals surface area contributed by atoms with Crippen LogP contribution in [0.2, 0.25) is 0 Å². The number of benzene rings is 2. The van der Waals surface area contributed by atoms with E-state index in [9.17, 15) is 14.0 Å². The number of amides is 1. The van der Waals surface area contributed by atoms with Crippen LogP contribution in [0.15, 0.2) is 68.1 Å². The van der Waals surface area contributed by atoms with Crippen molar-refractivity contribution in [2.75, 3.05) is 7.11 Å². The maximum Gasteiger partial charge on any atom is 0.331 e. The number of nitrogens with one attached hydrogen (secondary N) is 1. The number of carbonyl (C=O) groups is 2. The summed E-state index contributed by atoms with van der Waals surface area (Å²) >= 11 is 4.35. The molecule has 0 radical (unpaired) electrons. The lowest BCUT2D eigenvalue weighted by atomic mass is 10.2. The number of hydrogen-bond acceptors (Lipinski definition) is 7. The first-order valence-electron chi connectivity index (χ1n) is 8.51. The third-order valence-corrected chi connectivity index (χ3v) is 5.39. The molecule has 1 fully saturated rings. The van der Waals surface area contributed by atoms with E-state index in [0.717, 1.165) is 27.9 Å². The molecule has 1 heterocycles. The van der Waals surface area contributed by atoms with Crippen LogP contribution in [0.25, 0.3) is 0 Å². The topological polar surface area (TPSA) is 89.3 Å². The quantitative estimate of drug-likeness (QED) is 0.287. The molecule has 1 N–H and O–H groups in total. The van der Waals surface area contributed by atoms with E-state index in [-0.39, 0.29) is 22.5 Å². The summed E-state index contributed by atoms with van der Waals surface area (Å²) in [5.74, 6) is -0.828. The molecule has 1 aliphatic heterocycles. The number of halogens is 2. The van der Waals surface area contributed by atoms with Gasteiger partial charge in [-0.1, -0.05) is 28.1 Å². The standard InChI is InChI=1S/C20H15BrFN3O4S/c1-28-18(26)9-17-19(27)24-20(30-17)25-23-10-12-3-2-4-15(7-12)29-11-13-8-14(22)5-6-16(13)21/h2-10H,11H2,1H3,(H,24,25,27)/b17-9+,23-10?. The van der Waals surface area contributed by atoms with Crippen LogP contribution in [0.5, 0.6) is 5.75 Å². The van der Waals surface area contributed by atoms with E-state index in [2.05, 4.69) is 36.2 Å². The van der Waals surface area contributed by atoms with Crippen molar-refractivity contribution in [2.24, 2.45) is 10.2 Å². The highest BCUT2D eigenvalue weighted by atomic mass is 79.9. The van der Waals surface area contributed by atoms with Crippen LogP contribution in [-0.2, 0) is 20.9 Å². The van der Waals surface area contributed by atoms with Crippen molar-refractivity contribution in [3.8, 4) is 5.75 Å². The van der Waals surface area contributed by atoms with Crippen molar-refractivity contribution in [1.29, 1.82) is 0 Å². The largest absolute Gasteiger partial charge is 0.489 e. The van der Waals surface area contributed by atoms with Gasteiger partial charge in [-0.3, -0.25) is 10.1 Å². The Hall–Kier alpha value is -2.98. The Morgan fingerprint density at radius 3 is 2.93 bits per heavy atom. The van der Waals surface area contributed by atoms with Gasteiger partial charge in [-0.25, -0.2) is 9.18 Å². The predicted molar refractivity (Wildman–Crippen MR) is 116 cm³/mol. The molecule has 10 heteroatoms. The summed E-state index contributed by atoms with van der Waals surface area (Å²) < 4.78 is 24.3. The third-order valence-electron chi connectivity index (χ3n) is 3.72. The predicted octanol–water partition coefficient (Wildman–Crippen LogP) is 3.78. The maximum atomic E-state index is 13.4. The molecule has 2 aromatic carbocycles. The lowest BCUT2D eigenvalue weighted by molar-refractivity contribution is -0.135. The fourth-order valence-corrected chi connectivity index (χ4v) is 3.39. The number of amidine groups is 1. The minimum Gasteiger partial charge on any atom is -0.489 e. The summed E-state index contributed by atoms with van der Waals surface area (Å²) in [6.45, 7) is 0.194. The van der Waals surface area contributed by atoms with Gasteiger partial charge in [-0.2, -0.15) is 5.10 Å². The fourth-order valence-electron chi connectivity index (χ4n) is 2.29. The van der Waals surface area contributed by atoms with Crippen molar-refractivity contribution in [2.45, 2.75) is 6.61 Å². The average Bonchev–Trinajstić information content (AvgIpc) is 3.08. The molecule has 0 atom stereocenters. The highest BCUT2D eigenvalue weighted by Crippen LogP contribution is 2.24. The lowest BCUT2D eigenvalue weighted by Gasteiger charge is -2.08. The van der Waals surface area contributed by atoms with E-state index < -0.39 is 11.9 Å². The van der Waals surface area contributed by atoms with E-state index in [1.165, 1.54) is 25.5 Å². The average molecular weight is 492 g/mol. The second kappa shape index (κ2) is 10.2. The van der Waals surface area contributed by atoms with Crippen molar-refractivity contribution < 1.29 is 23.5 Å². The molecule has 2 aromatic rings. The molecule has 0 spiro atoms. The first-order valence-corrected chi connectivity index (χ1v) is 10.1. The van der Waals surface area contributed by atoms with E-state index in [0.29, 0.717) is 11.3 Å². The first kappa shape index (κ1) is 21.7. The van der Waals surface area contributed by atoms with Crippen LogP contribution in [0, 0.1) is 5.82 Å². The molecule has 0 bridgehead atoms. The summed E-state index contributed by atoms with van der Waals surface area (Å²) in [5, 5.41) is 10.6. The Balaban J connectivity index is 1.62. The molecule has 0 saturated carbocycles. The van der Waals surface area contributed by atoms with Gasteiger partial charge in [0.2, 0.25) is 0 Å². The van der Waals surface area contributed by atoms with Gasteiger partial charge in [-0.05, 0) is 47.7 Å². The zero-order valence-corrected chi connectivity index (χ0v) is 18.0. The van der Waals surface area contributed by atoms with Crippen LogP contribution in [0.3, 0.4) is 0 Å². The third kappa shape index (κ3) is 6.01. The number of nitrogens with zero attached hydrogens (tertiary/aromatic N) is 2. The summed E-state index contributed by atoms with van der Waals surface area (Å²) in [6, 6.07) is 11.5. The van der Waals surface area contributed by atoms with E-state index in [4.69, 9.17) is 4.74 Å². The van der Waals surface area contributed by atoms with Crippen molar-refractivity contribution in [1.82, 2.24) is 5.32 Å². The van der Waals surface area contributed by atoms with Crippen LogP contribution in [0.1, 0.15) is 11.1 Å². The van der Waals surface area contributed by atoms with Crippen LogP contribution >= 0.6 is 27.7 Å². The molecule has 30 heavy (non-hydrogen) atoms. The lowest BCUT2D eigenvalue weighted by Crippen LogP contribution is -2.19. The van der Waals surface area contributed by atoms with Gasteiger partial charge in [0.05, 0.1) is 18.2 Å². The van der Waals surface area contributed by atoms with Crippen LogP contribution < -0.4 is 10.1 Å². The van der Waals surface area contributed by atoms with Crippen molar-refractivity contribution in [3.05, 3.63) is 74.9 Å². The van der Waals surface area contributed by atoms with E-state index >= 15 is 0 Å². The Bertz CT molecular complexity index is 1070. The van der Waals surface area contributed by atoms with Gasteiger partial charge >= 0.3 is 5.97 Å². The van der Waals surface area contributed by atoms with Gasteiger partial charge in [0.1, 0.15) is 18.2 Å². The van der Waals surface area contributed by atoms with Gasteiger partial charge < -0.3 is 9.47 Å². The highest BCUT2D eigenvalue weighted by molar-refractivity contribution is 9.10. The number of thioether (sulfide) groups is 1. The number of rotatable bonds is 6. The normalized spacial score (nSPS) is 16.3. The van der Waals surface area contributed by atoms with Crippen LogP contribution in [-0.4, -0.2) is 30.4 Å². The zero-order chi connectivity index (χ0) is 21.5.